The van der Waals surface area contributed by atoms with Gasteiger partial charge in [0.1, 0.15) is 35.0 Å². The van der Waals surface area contributed by atoms with E-state index in [4.69, 9.17) is 28.8 Å². The van der Waals surface area contributed by atoms with Crippen LogP contribution in [0.15, 0.2) is 72.8 Å². The molecule has 2 saturated heterocycles. The van der Waals surface area contributed by atoms with Crippen LogP contribution in [-0.2, 0) is 55.7 Å². The first-order valence-corrected chi connectivity index (χ1v) is 16.1. The average molecular weight is 681 g/mol. The summed E-state index contributed by atoms with van der Waals surface area (Å²) in [6.07, 6.45) is 1.81. The Balaban J connectivity index is 0.000000247. The number of aliphatic hydroxyl groups is 2. The highest BCUT2D eigenvalue weighted by Gasteiger charge is 2.44. The molecule has 6 unspecified atom stereocenters. The van der Waals surface area contributed by atoms with E-state index < -0.39 is 11.2 Å². The Bertz CT molecular complexity index is 1390. The van der Waals surface area contributed by atoms with E-state index in [9.17, 15) is 19.8 Å². The number of ether oxygens (including phenoxy) is 4. The summed E-state index contributed by atoms with van der Waals surface area (Å²) in [5, 5.41) is 27.4. The normalized spacial score (nSPS) is 22.3. The van der Waals surface area contributed by atoms with Crippen molar-refractivity contribution in [2.75, 3.05) is 40.6 Å². The van der Waals surface area contributed by atoms with E-state index in [2.05, 4.69) is 38.1 Å². The molecule has 0 radical (unpaired) electrons. The lowest BCUT2D eigenvalue weighted by Crippen LogP contribution is -2.30. The molecule has 0 amide bonds. The lowest BCUT2D eigenvalue weighted by atomic mass is 9.90. The quantitative estimate of drug-likeness (QED) is 0.163. The second-order valence-corrected chi connectivity index (χ2v) is 13.2. The minimum atomic E-state index is -1.08. The minimum absolute atomic E-state index is 0.0265. The van der Waals surface area contributed by atoms with Crippen molar-refractivity contribution in [3.8, 4) is 0 Å². The Hall–Kier alpha value is -3.77. The van der Waals surface area contributed by atoms with Gasteiger partial charge in [0.25, 0.3) is 6.47 Å². The zero-order valence-corrected chi connectivity index (χ0v) is 29.8. The number of epoxide rings is 2. The number of carbonyl (C=O) groups is 3. The van der Waals surface area contributed by atoms with Gasteiger partial charge >= 0.3 is 0 Å². The fourth-order valence-corrected chi connectivity index (χ4v) is 4.93. The van der Waals surface area contributed by atoms with Crippen LogP contribution in [0.3, 0.4) is 0 Å². The van der Waals surface area contributed by atoms with E-state index in [1.807, 2.05) is 50.2 Å². The van der Waals surface area contributed by atoms with Crippen LogP contribution in [0.2, 0.25) is 0 Å². The Kier molecular flexibility index (Phi) is 15.5. The van der Waals surface area contributed by atoms with E-state index in [-0.39, 0.29) is 42.7 Å². The molecule has 2 aliphatic heterocycles. The summed E-state index contributed by atoms with van der Waals surface area (Å²) in [6.45, 7) is 13.1. The Morgan fingerprint density at radius 2 is 1.06 bits per heavy atom. The van der Waals surface area contributed by atoms with Crippen molar-refractivity contribution in [1.29, 1.82) is 0 Å². The number of carbonyl (C=O) groups excluding carboxylic acids is 2. The maximum absolute atomic E-state index is 10.6. The molecule has 0 spiro atoms. The third-order valence-corrected chi connectivity index (χ3v) is 8.57. The summed E-state index contributed by atoms with van der Waals surface area (Å²) in [6, 6.07) is 23.4. The van der Waals surface area contributed by atoms with Gasteiger partial charge in [-0.15, -0.1) is 0 Å². The van der Waals surface area contributed by atoms with Crippen LogP contribution in [0.5, 0.6) is 0 Å². The molecule has 0 saturated carbocycles. The molecular weight excluding hydrogens is 628 g/mol. The van der Waals surface area contributed by atoms with Crippen molar-refractivity contribution < 1.29 is 48.7 Å². The van der Waals surface area contributed by atoms with Crippen LogP contribution in [0.1, 0.15) is 86.8 Å². The van der Waals surface area contributed by atoms with Gasteiger partial charge in [-0.3, -0.25) is 4.79 Å². The Labute approximate surface area is 290 Å². The van der Waals surface area contributed by atoms with Gasteiger partial charge in [0.15, 0.2) is 0 Å². The van der Waals surface area contributed by atoms with E-state index in [1.165, 1.54) is 11.1 Å². The minimum Gasteiger partial charge on any atom is -0.483 e. The average Bonchev–Trinajstić information content (AvgIpc) is 4.03. The van der Waals surface area contributed by atoms with Gasteiger partial charge in [-0.1, -0.05) is 74.5 Å². The molecule has 10 heteroatoms. The number of hydrogen-bond acceptors (Lipinski definition) is 9. The van der Waals surface area contributed by atoms with E-state index in [1.54, 1.807) is 40.2 Å². The molecule has 6 atom stereocenters. The summed E-state index contributed by atoms with van der Waals surface area (Å²) in [5.74, 6) is -0.206. The van der Waals surface area contributed by atoms with Gasteiger partial charge in [-0.05, 0) is 73.2 Å². The van der Waals surface area contributed by atoms with E-state index in [0.717, 1.165) is 36.9 Å². The smallest absolute Gasteiger partial charge is 0.290 e. The zero-order valence-electron chi connectivity index (χ0n) is 29.8. The molecule has 5 rings (SSSR count). The summed E-state index contributed by atoms with van der Waals surface area (Å²) < 4.78 is 20.9. The molecule has 268 valence electrons. The number of benzene rings is 3. The second kappa shape index (κ2) is 18.3. The van der Waals surface area contributed by atoms with Crippen LogP contribution in [0.4, 0.5) is 0 Å². The number of aldehydes is 2. The highest BCUT2D eigenvalue weighted by Crippen LogP contribution is 2.42. The highest BCUT2D eigenvalue weighted by atomic mass is 16.6. The van der Waals surface area contributed by atoms with Crippen molar-refractivity contribution >= 4 is 19.0 Å². The Morgan fingerprint density at radius 1 is 0.714 bits per heavy atom. The zero-order chi connectivity index (χ0) is 36.9. The van der Waals surface area contributed by atoms with Crippen LogP contribution < -0.4 is 0 Å². The first-order valence-electron chi connectivity index (χ1n) is 16.1. The molecule has 3 aromatic rings. The molecule has 0 aliphatic carbocycles. The van der Waals surface area contributed by atoms with Gasteiger partial charge in [0.05, 0.1) is 26.4 Å². The van der Waals surface area contributed by atoms with Crippen molar-refractivity contribution in [3.63, 3.8) is 0 Å². The summed E-state index contributed by atoms with van der Waals surface area (Å²) in [7, 11) is 3.08. The SMILES string of the molecule is CC(C=O)c1cccc(C(C)C=O)c1.CC1(c2cccc(C3(C)CO3)c2)CO1.COCC(C)(O)c1cccc(C(C)(O)COC)c1.O=CO. The van der Waals surface area contributed by atoms with Crippen molar-refractivity contribution in [1.82, 2.24) is 0 Å². The first kappa shape index (κ1) is 41.4. The number of rotatable bonds is 12. The monoisotopic (exact) mass is 680 g/mol. The lowest BCUT2D eigenvalue weighted by Gasteiger charge is -2.27. The van der Waals surface area contributed by atoms with Gasteiger partial charge in [0.2, 0.25) is 0 Å². The van der Waals surface area contributed by atoms with Crippen molar-refractivity contribution in [3.05, 3.63) is 106 Å². The van der Waals surface area contributed by atoms with Gasteiger partial charge in [-0.25, -0.2) is 0 Å². The van der Waals surface area contributed by atoms with Gasteiger partial charge in [-0.2, -0.15) is 0 Å². The Morgan fingerprint density at radius 3 is 1.39 bits per heavy atom. The molecule has 0 bridgehead atoms. The van der Waals surface area contributed by atoms with Crippen molar-refractivity contribution in [2.45, 2.75) is 75.8 Å². The molecule has 3 N–H and O–H groups in total. The molecule has 2 aliphatic rings. The standard InChI is InChI=1S/C14H22O4.2C12H14O2.CH2O2/c1-13(15,9-17-3)11-6-5-7-12(8-11)14(2,16)10-18-4;1-11(7-13-11)9-4-3-5-10(6-9)12(2)8-14-12;1-9(7-13)11-4-3-5-12(6-11)10(2)8-14;2-1-3/h5-8,15-16H,9-10H2,1-4H3;3-6H,7-8H2,1-2H3;3-10H,1-2H3;1H,(H,2,3). The summed E-state index contributed by atoms with van der Waals surface area (Å²) in [4.78, 5) is 29.5. The number of hydrogen-bond donors (Lipinski definition) is 3. The summed E-state index contributed by atoms with van der Waals surface area (Å²) >= 11 is 0. The first-order chi connectivity index (χ1) is 23.1. The predicted molar refractivity (Wildman–Crippen MR) is 186 cm³/mol. The van der Waals surface area contributed by atoms with E-state index >= 15 is 0 Å². The van der Waals surface area contributed by atoms with Gasteiger partial charge < -0.3 is 43.9 Å². The van der Waals surface area contributed by atoms with Crippen LogP contribution in [-0.4, -0.2) is 75.0 Å². The third-order valence-electron chi connectivity index (χ3n) is 8.57. The number of methoxy groups -OCH3 is 2. The molecule has 0 aromatic heterocycles. The molecule has 3 aromatic carbocycles. The predicted octanol–water partition coefficient (Wildman–Crippen LogP) is 5.56. The van der Waals surface area contributed by atoms with Crippen LogP contribution >= 0.6 is 0 Å². The summed E-state index contributed by atoms with van der Waals surface area (Å²) in [5.41, 5.74) is 3.68. The molecular formula is C39H52O10. The fourth-order valence-electron chi connectivity index (χ4n) is 4.93. The molecule has 2 heterocycles. The number of carboxylic acid groups (broad SMARTS) is 1. The van der Waals surface area contributed by atoms with Crippen LogP contribution in [0, 0.1) is 0 Å². The third kappa shape index (κ3) is 12.3. The van der Waals surface area contributed by atoms with Crippen LogP contribution in [0.25, 0.3) is 0 Å². The highest BCUT2D eigenvalue weighted by molar-refractivity contribution is 5.64. The molecule has 2 fully saturated rings. The lowest BCUT2D eigenvalue weighted by molar-refractivity contribution is -0.123. The maximum Gasteiger partial charge on any atom is 0.290 e. The van der Waals surface area contributed by atoms with Gasteiger partial charge in [0, 0.05) is 26.1 Å². The fraction of sp³-hybridized carbons (Fsp3) is 0.462. The van der Waals surface area contributed by atoms with E-state index in [0.29, 0.717) is 11.1 Å². The molecule has 10 nitrogen and oxygen atoms in total. The second-order valence-electron chi connectivity index (χ2n) is 13.2. The maximum atomic E-state index is 10.6. The largest absolute Gasteiger partial charge is 0.483 e. The molecule has 49 heavy (non-hydrogen) atoms. The van der Waals surface area contributed by atoms with Crippen molar-refractivity contribution in [2.24, 2.45) is 0 Å². The topological polar surface area (TPSA) is 155 Å².